The summed E-state index contributed by atoms with van der Waals surface area (Å²) >= 11 is 0. The number of aliphatic hydroxyl groups is 2. The molecule has 0 spiro atoms. The van der Waals surface area contributed by atoms with Gasteiger partial charge in [-0.2, -0.15) is 0 Å². The topological polar surface area (TPSA) is 53.4 Å². The van der Waals surface area contributed by atoms with Crippen molar-refractivity contribution in [3.05, 3.63) is 71.6 Å². The molecule has 0 saturated heterocycles. The van der Waals surface area contributed by atoms with Crippen LogP contribution in [0.2, 0.25) is 0 Å². The van der Waals surface area contributed by atoms with E-state index in [9.17, 15) is 10.2 Å². The number of aromatic nitrogens is 1. The highest BCUT2D eigenvalue weighted by molar-refractivity contribution is 5.75. The van der Waals surface area contributed by atoms with Gasteiger partial charge >= 0.3 is 0 Å². The Morgan fingerprint density at radius 2 is 2.00 bits per heavy atom. The Labute approximate surface area is 224 Å². The molecule has 0 bridgehead atoms. The molecule has 200 valence electrons. The Bertz CT molecular complexity index is 1120. The highest BCUT2D eigenvalue weighted by atomic mass is 16.3. The van der Waals surface area contributed by atoms with Crippen LogP contribution in [0.1, 0.15) is 91.0 Å². The van der Waals surface area contributed by atoms with Crippen molar-refractivity contribution in [1.82, 2.24) is 4.98 Å². The number of aliphatic hydroxyl groups excluding tert-OH is 2. The molecule has 37 heavy (non-hydrogen) atoms. The normalized spacial score (nSPS) is 39.4. The lowest BCUT2D eigenvalue weighted by molar-refractivity contribution is -0.188. The summed E-state index contributed by atoms with van der Waals surface area (Å²) in [5.74, 6) is 1.26. The van der Waals surface area contributed by atoms with E-state index in [0.717, 1.165) is 61.7 Å². The van der Waals surface area contributed by atoms with Crippen molar-refractivity contribution in [2.45, 2.75) is 97.7 Å². The number of hydrogen-bond acceptors (Lipinski definition) is 3. The van der Waals surface area contributed by atoms with E-state index in [1.165, 1.54) is 29.6 Å². The third-order valence-corrected chi connectivity index (χ3v) is 11.1. The van der Waals surface area contributed by atoms with Gasteiger partial charge in [-0.25, -0.2) is 0 Å². The van der Waals surface area contributed by atoms with Crippen LogP contribution in [0.5, 0.6) is 0 Å². The second-order valence-electron chi connectivity index (χ2n) is 13.3. The summed E-state index contributed by atoms with van der Waals surface area (Å²) in [6.45, 7) is 18.4. The van der Waals surface area contributed by atoms with Gasteiger partial charge in [-0.15, -0.1) is 0 Å². The summed E-state index contributed by atoms with van der Waals surface area (Å²) < 4.78 is 0. The maximum absolute atomic E-state index is 12.3. The molecule has 3 heteroatoms. The first-order valence-electron chi connectivity index (χ1n) is 14.6. The molecule has 0 aromatic carbocycles. The fraction of sp³-hybridized carbons (Fsp3) is 0.618. The number of allylic oxidation sites excluding steroid dienone is 4. The molecule has 4 aliphatic rings. The molecule has 2 saturated carbocycles. The van der Waals surface area contributed by atoms with E-state index in [1.807, 2.05) is 18.5 Å². The number of pyridine rings is 1. The van der Waals surface area contributed by atoms with Crippen molar-refractivity contribution in [2.75, 3.05) is 0 Å². The highest BCUT2D eigenvalue weighted by Gasteiger charge is 2.64. The van der Waals surface area contributed by atoms with Crippen LogP contribution in [0.15, 0.2) is 66.1 Å². The Hall–Kier alpha value is -1.97. The molecule has 8 atom stereocenters. The van der Waals surface area contributed by atoms with Crippen LogP contribution in [0, 0.1) is 34.5 Å². The smallest absolute Gasteiger partial charge is 0.0834 e. The van der Waals surface area contributed by atoms with E-state index in [1.54, 1.807) is 0 Å². The Balaban J connectivity index is 1.59. The zero-order chi connectivity index (χ0) is 26.5. The third-order valence-electron chi connectivity index (χ3n) is 11.1. The van der Waals surface area contributed by atoms with E-state index >= 15 is 0 Å². The zero-order valence-corrected chi connectivity index (χ0v) is 23.5. The molecular weight excluding hydrogens is 454 g/mol. The standard InChI is InChI=1S/C34H47NO2/c1-7-8-10-21(2)15-27-18-28-23(4)29(36)12-13-33(28,5)32-31(37)30-22(3)16-25(24-11-9-14-35-20-24)17-26(30)19-34(27,32)6/h9,11,14,17,20,23,27-29,31-32,36-37H,2-3,7-8,10,12-13,15-16,18-19H2,1,4-6H3. The van der Waals surface area contributed by atoms with Crippen LogP contribution in [0.3, 0.4) is 0 Å². The van der Waals surface area contributed by atoms with Gasteiger partial charge in [0, 0.05) is 18.3 Å². The van der Waals surface area contributed by atoms with Gasteiger partial charge in [0.1, 0.15) is 0 Å². The first-order chi connectivity index (χ1) is 17.6. The molecule has 3 nitrogen and oxygen atoms in total. The first kappa shape index (κ1) is 26.6. The number of rotatable bonds is 6. The number of fused-ring (bicyclic) bond motifs is 3. The fourth-order valence-corrected chi connectivity index (χ4v) is 9.15. The minimum Gasteiger partial charge on any atom is -0.393 e. The average molecular weight is 502 g/mol. The molecule has 2 N–H and O–H groups in total. The third kappa shape index (κ3) is 4.40. The second-order valence-corrected chi connectivity index (χ2v) is 13.3. The lowest BCUT2D eigenvalue weighted by atomic mass is 9.39. The van der Waals surface area contributed by atoms with Crippen molar-refractivity contribution in [1.29, 1.82) is 0 Å². The predicted molar refractivity (Wildman–Crippen MR) is 153 cm³/mol. The van der Waals surface area contributed by atoms with Gasteiger partial charge < -0.3 is 10.2 Å². The van der Waals surface area contributed by atoms with E-state index in [2.05, 4.69) is 58.0 Å². The summed E-state index contributed by atoms with van der Waals surface area (Å²) in [5, 5.41) is 23.2. The molecule has 0 amide bonds. The molecule has 0 radical (unpaired) electrons. The van der Waals surface area contributed by atoms with Gasteiger partial charge in [-0.3, -0.25) is 4.98 Å². The number of unbranched alkanes of at least 4 members (excludes halogenated alkanes) is 1. The summed E-state index contributed by atoms with van der Waals surface area (Å²) in [6.07, 6.45) is 14.5. The molecule has 0 aliphatic heterocycles. The minimum absolute atomic E-state index is 0.000215. The summed E-state index contributed by atoms with van der Waals surface area (Å²) in [6, 6.07) is 4.12. The van der Waals surface area contributed by atoms with E-state index in [0.29, 0.717) is 11.8 Å². The van der Waals surface area contributed by atoms with E-state index in [4.69, 9.17) is 0 Å². The van der Waals surface area contributed by atoms with Crippen LogP contribution < -0.4 is 0 Å². The molecular formula is C34H47NO2. The molecule has 8 unspecified atom stereocenters. The predicted octanol–water partition coefficient (Wildman–Crippen LogP) is 7.68. The molecule has 1 aromatic heterocycles. The van der Waals surface area contributed by atoms with E-state index < -0.39 is 6.10 Å². The SMILES string of the molecule is C=C(CCCC)CC1CC2C(C)C(O)CCC2(C)C2C(O)C3=C(C=C(c4cccnc4)CC3=C)CC12C. The van der Waals surface area contributed by atoms with Gasteiger partial charge in [0.2, 0.25) is 0 Å². The Kier molecular flexibility index (Phi) is 7.17. The van der Waals surface area contributed by atoms with Gasteiger partial charge in [0.25, 0.3) is 0 Å². The molecule has 4 aliphatic carbocycles. The Morgan fingerprint density at radius 3 is 2.70 bits per heavy atom. The van der Waals surface area contributed by atoms with Crippen molar-refractivity contribution in [3.8, 4) is 0 Å². The summed E-state index contributed by atoms with van der Waals surface area (Å²) in [7, 11) is 0. The highest BCUT2D eigenvalue weighted by Crippen LogP contribution is 2.69. The maximum atomic E-state index is 12.3. The minimum atomic E-state index is -0.519. The van der Waals surface area contributed by atoms with Gasteiger partial charge in [0.15, 0.2) is 0 Å². The summed E-state index contributed by atoms with van der Waals surface area (Å²) in [4.78, 5) is 4.35. The van der Waals surface area contributed by atoms with Crippen LogP contribution in [-0.2, 0) is 0 Å². The fourth-order valence-electron chi connectivity index (χ4n) is 9.15. The summed E-state index contributed by atoms with van der Waals surface area (Å²) in [5.41, 5.74) is 7.15. The average Bonchev–Trinajstić information content (AvgIpc) is 2.86. The van der Waals surface area contributed by atoms with Crippen molar-refractivity contribution >= 4 is 5.57 Å². The van der Waals surface area contributed by atoms with Crippen LogP contribution in [0.25, 0.3) is 5.57 Å². The lowest BCUT2D eigenvalue weighted by Crippen LogP contribution is -2.63. The maximum Gasteiger partial charge on any atom is 0.0834 e. The van der Waals surface area contributed by atoms with Crippen LogP contribution in [0.4, 0.5) is 0 Å². The van der Waals surface area contributed by atoms with Crippen molar-refractivity contribution < 1.29 is 10.2 Å². The quantitative estimate of drug-likeness (QED) is 0.393. The monoisotopic (exact) mass is 501 g/mol. The zero-order valence-electron chi connectivity index (χ0n) is 23.5. The second kappa shape index (κ2) is 9.97. The largest absolute Gasteiger partial charge is 0.393 e. The number of hydrogen-bond donors (Lipinski definition) is 2. The molecule has 1 heterocycles. The van der Waals surface area contributed by atoms with Crippen molar-refractivity contribution in [3.63, 3.8) is 0 Å². The van der Waals surface area contributed by atoms with Crippen LogP contribution >= 0.6 is 0 Å². The molecule has 5 rings (SSSR count). The van der Waals surface area contributed by atoms with Crippen LogP contribution in [-0.4, -0.2) is 27.4 Å². The first-order valence-corrected chi connectivity index (χ1v) is 14.6. The van der Waals surface area contributed by atoms with Gasteiger partial charge in [-0.05, 0) is 114 Å². The van der Waals surface area contributed by atoms with Gasteiger partial charge in [0.05, 0.1) is 12.2 Å². The number of nitrogens with zero attached hydrogens (tertiary/aromatic N) is 1. The lowest BCUT2D eigenvalue weighted by Gasteiger charge is -2.66. The molecule has 1 aromatic rings. The van der Waals surface area contributed by atoms with Gasteiger partial charge in [-0.1, -0.05) is 65.0 Å². The molecule has 2 fully saturated rings. The van der Waals surface area contributed by atoms with Crippen molar-refractivity contribution in [2.24, 2.45) is 34.5 Å². The Morgan fingerprint density at radius 1 is 1.22 bits per heavy atom. The van der Waals surface area contributed by atoms with E-state index in [-0.39, 0.29) is 28.8 Å².